The molecular weight excluding hydrogens is 254 g/mol. The Kier molecular flexibility index (Phi) is 4.06. The molecule has 0 amide bonds. The lowest BCUT2D eigenvalue weighted by Gasteiger charge is -2.13. The third-order valence-electron chi connectivity index (χ3n) is 3.48. The average molecular weight is 274 g/mol. The highest BCUT2D eigenvalue weighted by molar-refractivity contribution is 8.00. The zero-order valence-electron chi connectivity index (χ0n) is 10.7. The van der Waals surface area contributed by atoms with Gasteiger partial charge in [0.05, 0.1) is 16.4 Å². The van der Waals surface area contributed by atoms with Crippen molar-refractivity contribution in [2.45, 2.75) is 37.5 Å². The topological polar surface area (TPSA) is 29.9 Å². The Balaban J connectivity index is 1.92. The molecule has 1 aliphatic rings. The van der Waals surface area contributed by atoms with Gasteiger partial charge in [-0.15, -0.1) is 0 Å². The first kappa shape index (κ1) is 13.2. The van der Waals surface area contributed by atoms with Crippen molar-refractivity contribution >= 4 is 23.4 Å². The monoisotopic (exact) mass is 273 g/mol. The standard InChI is InChI=1S/C12H20ClN3S/c1-4-9-11(13)10(16(2)15-9)7-14-8-12(17-3)5-6-12/h14H,4-8H2,1-3H3. The molecule has 0 radical (unpaired) electrons. The zero-order valence-corrected chi connectivity index (χ0v) is 12.3. The van der Waals surface area contributed by atoms with Gasteiger partial charge in [-0.05, 0) is 25.5 Å². The molecule has 0 atom stereocenters. The van der Waals surface area contributed by atoms with Crippen LogP contribution in [0, 0.1) is 0 Å². The van der Waals surface area contributed by atoms with Crippen molar-refractivity contribution in [1.82, 2.24) is 15.1 Å². The molecule has 1 saturated carbocycles. The average Bonchev–Trinajstić information content (AvgIpc) is 3.05. The number of nitrogens with one attached hydrogen (secondary N) is 1. The summed E-state index contributed by atoms with van der Waals surface area (Å²) in [6, 6.07) is 0. The van der Waals surface area contributed by atoms with Crippen LogP contribution in [0.4, 0.5) is 0 Å². The summed E-state index contributed by atoms with van der Waals surface area (Å²) in [6.07, 6.45) is 5.75. The van der Waals surface area contributed by atoms with Crippen LogP contribution in [-0.4, -0.2) is 27.3 Å². The summed E-state index contributed by atoms with van der Waals surface area (Å²) >= 11 is 8.27. The highest BCUT2D eigenvalue weighted by Crippen LogP contribution is 2.46. The smallest absolute Gasteiger partial charge is 0.0863 e. The third-order valence-corrected chi connectivity index (χ3v) is 5.34. The van der Waals surface area contributed by atoms with Gasteiger partial charge in [0, 0.05) is 24.9 Å². The molecule has 1 heterocycles. The Morgan fingerprint density at radius 3 is 2.71 bits per heavy atom. The molecule has 0 bridgehead atoms. The molecule has 1 aliphatic carbocycles. The number of aromatic nitrogens is 2. The van der Waals surface area contributed by atoms with Crippen molar-refractivity contribution in [1.29, 1.82) is 0 Å². The van der Waals surface area contributed by atoms with Crippen LogP contribution in [0.5, 0.6) is 0 Å². The zero-order chi connectivity index (χ0) is 12.5. The molecule has 96 valence electrons. The fourth-order valence-corrected chi connectivity index (χ4v) is 3.13. The first-order chi connectivity index (χ1) is 8.12. The van der Waals surface area contributed by atoms with E-state index >= 15 is 0 Å². The largest absolute Gasteiger partial charge is 0.310 e. The summed E-state index contributed by atoms with van der Waals surface area (Å²) in [6.45, 7) is 3.96. The van der Waals surface area contributed by atoms with Crippen LogP contribution in [-0.2, 0) is 20.0 Å². The van der Waals surface area contributed by atoms with Gasteiger partial charge in [0.1, 0.15) is 0 Å². The van der Waals surface area contributed by atoms with Crippen LogP contribution in [0.25, 0.3) is 0 Å². The van der Waals surface area contributed by atoms with E-state index in [1.807, 2.05) is 23.5 Å². The number of rotatable bonds is 6. The van der Waals surface area contributed by atoms with Crippen LogP contribution in [0.1, 0.15) is 31.2 Å². The first-order valence-corrected chi connectivity index (χ1v) is 7.68. The van der Waals surface area contributed by atoms with E-state index in [0.717, 1.165) is 35.9 Å². The summed E-state index contributed by atoms with van der Waals surface area (Å²) in [5, 5.41) is 8.76. The van der Waals surface area contributed by atoms with E-state index in [-0.39, 0.29) is 0 Å². The third kappa shape index (κ3) is 2.80. The molecule has 1 fully saturated rings. The summed E-state index contributed by atoms with van der Waals surface area (Å²) in [4.78, 5) is 0. The van der Waals surface area contributed by atoms with Crippen LogP contribution >= 0.6 is 23.4 Å². The molecule has 5 heteroatoms. The van der Waals surface area contributed by atoms with Gasteiger partial charge in [-0.25, -0.2) is 0 Å². The number of thioether (sulfide) groups is 1. The van der Waals surface area contributed by atoms with Crippen molar-refractivity contribution in [2.24, 2.45) is 7.05 Å². The fourth-order valence-electron chi connectivity index (χ4n) is 2.01. The lowest BCUT2D eigenvalue weighted by atomic mass is 10.3. The Labute approximate surface area is 112 Å². The predicted octanol–water partition coefficient (Wildman–Crippen LogP) is 2.62. The lowest BCUT2D eigenvalue weighted by molar-refractivity contribution is 0.611. The van der Waals surface area contributed by atoms with Gasteiger partial charge in [0.15, 0.2) is 0 Å². The minimum absolute atomic E-state index is 0.499. The Hall–Kier alpha value is -0.190. The molecule has 1 aromatic heterocycles. The van der Waals surface area contributed by atoms with E-state index in [4.69, 9.17) is 11.6 Å². The predicted molar refractivity (Wildman–Crippen MR) is 74.8 cm³/mol. The summed E-state index contributed by atoms with van der Waals surface area (Å²) in [5.41, 5.74) is 2.09. The maximum absolute atomic E-state index is 6.30. The molecule has 0 saturated heterocycles. The van der Waals surface area contributed by atoms with E-state index in [1.54, 1.807) is 0 Å². The van der Waals surface area contributed by atoms with E-state index in [2.05, 4.69) is 23.6 Å². The quantitative estimate of drug-likeness (QED) is 0.864. The fraction of sp³-hybridized carbons (Fsp3) is 0.750. The highest BCUT2D eigenvalue weighted by atomic mass is 35.5. The van der Waals surface area contributed by atoms with Crippen LogP contribution < -0.4 is 5.32 Å². The van der Waals surface area contributed by atoms with Crippen molar-refractivity contribution in [3.05, 3.63) is 16.4 Å². The van der Waals surface area contributed by atoms with E-state index in [1.165, 1.54) is 12.8 Å². The maximum Gasteiger partial charge on any atom is 0.0863 e. The number of aryl methyl sites for hydroxylation is 2. The SMILES string of the molecule is CCc1nn(C)c(CNCC2(SC)CC2)c1Cl. The number of hydrogen-bond acceptors (Lipinski definition) is 3. The van der Waals surface area contributed by atoms with Gasteiger partial charge >= 0.3 is 0 Å². The Morgan fingerprint density at radius 1 is 1.53 bits per heavy atom. The second-order valence-electron chi connectivity index (χ2n) is 4.68. The van der Waals surface area contributed by atoms with Crippen molar-refractivity contribution in [3.63, 3.8) is 0 Å². The van der Waals surface area contributed by atoms with E-state index in [0.29, 0.717) is 4.75 Å². The molecular formula is C12H20ClN3S. The number of nitrogens with zero attached hydrogens (tertiary/aromatic N) is 2. The Morgan fingerprint density at radius 2 is 2.24 bits per heavy atom. The Bertz CT molecular complexity index is 399. The number of hydrogen-bond donors (Lipinski definition) is 1. The summed E-state index contributed by atoms with van der Waals surface area (Å²) in [7, 11) is 1.96. The molecule has 0 aromatic carbocycles. The molecule has 0 spiro atoms. The molecule has 3 nitrogen and oxygen atoms in total. The van der Waals surface area contributed by atoms with Crippen LogP contribution in [0.3, 0.4) is 0 Å². The summed E-state index contributed by atoms with van der Waals surface area (Å²) < 4.78 is 2.39. The minimum Gasteiger partial charge on any atom is -0.310 e. The van der Waals surface area contributed by atoms with Gasteiger partial charge in [-0.2, -0.15) is 16.9 Å². The normalized spacial score (nSPS) is 17.4. The molecule has 0 aliphatic heterocycles. The minimum atomic E-state index is 0.499. The molecule has 17 heavy (non-hydrogen) atoms. The van der Waals surface area contributed by atoms with Gasteiger partial charge in [-0.3, -0.25) is 4.68 Å². The maximum atomic E-state index is 6.30. The number of halogens is 1. The van der Waals surface area contributed by atoms with Crippen molar-refractivity contribution in [3.8, 4) is 0 Å². The second-order valence-corrected chi connectivity index (χ2v) is 6.33. The lowest BCUT2D eigenvalue weighted by Crippen LogP contribution is -2.26. The van der Waals surface area contributed by atoms with Crippen LogP contribution in [0.2, 0.25) is 5.02 Å². The van der Waals surface area contributed by atoms with Gasteiger partial charge in [0.25, 0.3) is 0 Å². The second kappa shape index (κ2) is 5.21. The highest BCUT2D eigenvalue weighted by Gasteiger charge is 2.41. The summed E-state index contributed by atoms with van der Waals surface area (Å²) in [5.74, 6) is 0. The molecule has 0 unspecified atom stereocenters. The van der Waals surface area contributed by atoms with Gasteiger partial charge in [-0.1, -0.05) is 18.5 Å². The van der Waals surface area contributed by atoms with Gasteiger partial charge in [0.2, 0.25) is 0 Å². The van der Waals surface area contributed by atoms with Crippen LogP contribution in [0.15, 0.2) is 0 Å². The first-order valence-electron chi connectivity index (χ1n) is 6.08. The van der Waals surface area contributed by atoms with Crippen molar-refractivity contribution < 1.29 is 0 Å². The van der Waals surface area contributed by atoms with Gasteiger partial charge < -0.3 is 5.32 Å². The molecule has 1 N–H and O–H groups in total. The van der Waals surface area contributed by atoms with Crippen molar-refractivity contribution in [2.75, 3.05) is 12.8 Å². The van der Waals surface area contributed by atoms with E-state index in [9.17, 15) is 0 Å². The molecule has 1 aromatic rings. The van der Waals surface area contributed by atoms with E-state index < -0.39 is 0 Å². The molecule has 2 rings (SSSR count).